The molecule has 5 heterocycles. The van der Waals surface area contributed by atoms with E-state index in [2.05, 4.69) is 36.7 Å². The average molecular weight is 438 g/mol. The lowest BCUT2D eigenvalue weighted by atomic mass is 9.93. The van der Waals surface area contributed by atoms with Crippen molar-refractivity contribution in [1.82, 2.24) is 34.6 Å². The molecule has 0 saturated carbocycles. The molecule has 10 nitrogen and oxygen atoms in total. The first-order valence-electron chi connectivity index (χ1n) is 11.4. The number of aryl methyl sites for hydroxylation is 1. The van der Waals surface area contributed by atoms with E-state index >= 15 is 0 Å². The highest BCUT2D eigenvalue weighted by Gasteiger charge is 2.26. The van der Waals surface area contributed by atoms with Crippen LogP contribution in [0.1, 0.15) is 24.5 Å². The summed E-state index contributed by atoms with van der Waals surface area (Å²) in [7, 11) is 4.02. The predicted molar refractivity (Wildman–Crippen MR) is 123 cm³/mol. The Kier molecular flexibility index (Phi) is 6.13. The summed E-state index contributed by atoms with van der Waals surface area (Å²) in [5, 5.41) is 4.74. The highest BCUT2D eigenvalue weighted by Crippen LogP contribution is 2.30. The minimum Gasteiger partial charge on any atom is -0.378 e. The Morgan fingerprint density at radius 3 is 2.62 bits per heavy atom. The Morgan fingerprint density at radius 2 is 1.81 bits per heavy atom. The summed E-state index contributed by atoms with van der Waals surface area (Å²) in [6, 6.07) is 1.99. The number of hydrogen-bond acceptors (Lipinski definition) is 9. The molecule has 2 saturated heterocycles. The van der Waals surface area contributed by atoms with Gasteiger partial charge >= 0.3 is 0 Å². The van der Waals surface area contributed by atoms with E-state index in [-0.39, 0.29) is 0 Å². The lowest BCUT2D eigenvalue weighted by Crippen LogP contribution is -2.39. The normalized spacial score (nSPS) is 18.4. The number of likely N-dealkylation sites (tertiary alicyclic amines) is 1. The van der Waals surface area contributed by atoms with Crippen LogP contribution in [-0.4, -0.2) is 94.1 Å². The Hall–Kier alpha value is -2.85. The maximum atomic E-state index is 5.45. The Balaban J connectivity index is 1.15. The summed E-state index contributed by atoms with van der Waals surface area (Å²) in [6.45, 7) is 7.29. The van der Waals surface area contributed by atoms with Gasteiger partial charge in [-0.2, -0.15) is 10.1 Å². The van der Waals surface area contributed by atoms with Crippen molar-refractivity contribution in [3.8, 4) is 0 Å². The van der Waals surface area contributed by atoms with Crippen LogP contribution in [-0.2, 0) is 11.8 Å². The van der Waals surface area contributed by atoms with Gasteiger partial charge in [0.25, 0.3) is 0 Å². The molecule has 0 radical (unpaired) electrons. The third-order valence-corrected chi connectivity index (χ3v) is 6.52. The van der Waals surface area contributed by atoms with Gasteiger partial charge in [0, 0.05) is 64.8 Å². The van der Waals surface area contributed by atoms with E-state index < -0.39 is 0 Å². The molecule has 170 valence electrons. The molecule has 2 aliphatic heterocycles. The van der Waals surface area contributed by atoms with E-state index in [1.165, 1.54) is 0 Å². The first-order chi connectivity index (χ1) is 15.7. The standard InChI is InChI=1S/C22H31N9O/c1-28(22-25-6-3-18(26-22)31-13-15-32-16-14-31)11-12-30-9-4-17(5-10-30)19-20-21(29(2)27-19)24-8-7-23-20/h3,6-8,17H,4-5,9-16H2,1-2H3. The Bertz CT molecular complexity index is 1040. The number of piperidine rings is 1. The fraction of sp³-hybridized carbons (Fsp3) is 0.591. The molecule has 2 fully saturated rings. The molecule has 0 spiro atoms. The van der Waals surface area contributed by atoms with Crippen molar-refractivity contribution in [2.24, 2.45) is 7.05 Å². The van der Waals surface area contributed by atoms with Crippen LogP contribution in [0.3, 0.4) is 0 Å². The minimum atomic E-state index is 0.443. The van der Waals surface area contributed by atoms with Crippen molar-refractivity contribution < 1.29 is 4.74 Å². The van der Waals surface area contributed by atoms with E-state index in [0.29, 0.717) is 5.92 Å². The first kappa shape index (κ1) is 21.0. The first-order valence-corrected chi connectivity index (χ1v) is 11.4. The van der Waals surface area contributed by atoms with Gasteiger partial charge in [-0.05, 0) is 32.0 Å². The maximum absolute atomic E-state index is 5.45. The Labute approximate surface area is 188 Å². The van der Waals surface area contributed by atoms with Gasteiger partial charge in [-0.1, -0.05) is 0 Å². The van der Waals surface area contributed by atoms with Crippen LogP contribution in [0, 0.1) is 0 Å². The van der Waals surface area contributed by atoms with Crippen LogP contribution in [0.25, 0.3) is 11.2 Å². The molecule has 10 heteroatoms. The van der Waals surface area contributed by atoms with E-state index in [1.807, 2.05) is 24.0 Å². The maximum Gasteiger partial charge on any atom is 0.227 e. The lowest BCUT2D eigenvalue weighted by Gasteiger charge is -2.32. The molecule has 0 aliphatic carbocycles. The van der Waals surface area contributed by atoms with Gasteiger partial charge in [0.15, 0.2) is 5.65 Å². The lowest BCUT2D eigenvalue weighted by molar-refractivity contribution is 0.122. The molecular formula is C22H31N9O. The van der Waals surface area contributed by atoms with E-state index in [9.17, 15) is 0 Å². The van der Waals surface area contributed by atoms with Crippen LogP contribution in [0.5, 0.6) is 0 Å². The van der Waals surface area contributed by atoms with Crippen molar-refractivity contribution in [1.29, 1.82) is 0 Å². The van der Waals surface area contributed by atoms with Crippen molar-refractivity contribution in [2.75, 3.05) is 69.3 Å². The molecule has 0 amide bonds. The number of hydrogen-bond donors (Lipinski definition) is 0. The summed E-state index contributed by atoms with van der Waals surface area (Å²) in [4.78, 5) is 25.2. The smallest absolute Gasteiger partial charge is 0.227 e. The van der Waals surface area contributed by atoms with E-state index in [1.54, 1.807) is 12.4 Å². The number of ether oxygens (including phenoxy) is 1. The van der Waals surface area contributed by atoms with Crippen molar-refractivity contribution in [3.63, 3.8) is 0 Å². The summed E-state index contributed by atoms with van der Waals surface area (Å²) >= 11 is 0. The van der Waals surface area contributed by atoms with E-state index in [4.69, 9.17) is 14.8 Å². The van der Waals surface area contributed by atoms with Crippen LogP contribution in [0.2, 0.25) is 0 Å². The zero-order valence-electron chi connectivity index (χ0n) is 18.9. The summed E-state index contributed by atoms with van der Waals surface area (Å²) < 4.78 is 7.30. The fourth-order valence-electron chi connectivity index (χ4n) is 4.59. The quantitative estimate of drug-likeness (QED) is 0.566. The third kappa shape index (κ3) is 4.37. The minimum absolute atomic E-state index is 0.443. The zero-order valence-corrected chi connectivity index (χ0v) is 18.9. The fourth-order valence-corrected chi connectivity index (χ4v) is 4.59. The van der Waals surface area contributed by atoms with Gasteiger partial charge in [0.2, 0.25) is 5.95 Å². The van der Waals surface area contributed by atoms with Crippen molar-refractivity contribution >= 4 is 22.9 Å². The Morgan fingerprint density at radius 1 is 1.03 bits per heavy atom. The number of nitrogens with zero attached hydrogens (tertiary/aromatic N) is 9. The zero-order chi connectivity index (χ0) is 21.9. The van der Waals surface area contributed by atoms with Gasteiger partial charge in [0.1, 0.15) is 11.3 Å². The van der Waals surface area contributed by atoms with Gasteiger partial charge in [-0.3, -0.25) is 0 Å². The second-order valence-corrected chi connectivity index (χ2v) is 8.59. The predicted octanol–water partition coefficient (Wildman–Crippen LogP) is 1.31. The number of anilines is 2. The second kappa shape index (κ2) is 9.33. The summed E-state index contributed by atoms with van der Waals surface area (Å²) in [5.74, 6) is 2.21. The molecule has 0 aromatic carbocycles. The highest BCUT2D eigenvalue weighted by atomic mass is 16.5. The molecule has 0 unspecified atom stereocenters. The van der Waals surface area contributed by atoms with Crippen LogP contribution in [0.15, 0.2) is 24.7 Å². The molecule has 0 N–H and O–H groups in total. The molecule has 0 bridgehead atoms. The van der Waals surface area contributed by atoms with Gasteiger partial charge in [-0.15, -0.1) is 0 Å². The van der Waals surface area contributed by atoms with E-state index in [0.717, 1.165) is 93.9 Å². The number of fused-ring (bicyclic) bond motifs is 1. The number of rotatable bonds is 6. The number of aromatic nitrogens is 6. The topological polar surface area (TPSA) is 88.3 Å². The van der Waals surface area contributed by atoms with Crippen LogP contribution >= 0.6 is 0 Å². The monoisotopic (exact) mass is 437 g/mol. The summed E-state index contributed by atoms with van der Waals surface area (Å²) in [5.41, 5.74) is 2.91. The van der Waals surface area contributed by atoms with Gasteiger partial charge in [0.05, 0.1) is 18.9 Å². The van der Waals surface area contributed by atoms with Crippen LogP contribution < -0.4 is 9.80 Å². The van der Waals surface area contributed by atoms with Crippen molar-refractivity contribution in [2.45, 2.75) is 18.8 Å². The van der Waals surface area contributed by atoms with Gasteiger partial charge < -0.3 is 19.4 Å². The second-order valence-electron chi connectivity index (χ2n) is 8.59. The molecule has 0 atom stereocenters. The van der Waals surface area contributed by atoms with Crippen molar-refractivity contribution in [3.05, 3.63) is 30.4 Å². The molecular weight excluding hydrogens is 406 g/mol. The molecule has 3 aromatic rings. The SMILES string of the molecule is CN(CCN1CCC(c2nn(C)c3nccnc23)CC1)c1nccc(N2CCOCC2)n1. The third-order valence-electron chi connectivity index (χ3n) is 6.52. The average Bonchev–Trinajstić information content (AvgIpc) is 3.20. The highest BCUT2D eigenvalue weighted by molar-refractivity contribution is 5.73. The molecule has 2 aliphatic rings. The van der Waals surface area contributed by atoms with Crippen LogP contribution in [0.4, 0.5) is 11.8 Å². The molecule has 3 aromatic heterocycles. The molecule has 32 heavy (non-hydrogen) atoms. The largest absolute Gasteiger partial charge is 0.378 e. The summed E-state index contributed by atoms with van der Waals surface area (Å²) in [6.07, 6.45) is 7.53. The van der Waals surface area contributed by atoms with Gasteiger partial charge in [-0.25, -0.2) is 19.6 Å². The number of morpholine rings is 1. The number of likely N-dealkylation sites (N-methyl/N-ethyl adjacent to an activating group) is 1. The molecule has 5 rings (SSSR count).